The Morgan fingerprint density at radius 3 is 2.89 bits per heavy atom. The molecule has 1 unspecified atom stereocenters. The quantitative estimate of drug-likeness (QED) is 0.784. The first-order valence-corrected chi connectivity index (χ1v) is 6.49. The average molecular weight is 250 g/mol. The molecule has 5 nitrogen and oxygen atoms in total. The van der Waals surface area contributed by atoms with Crippen LogP contribution in [0.1, 0.15) is 25.5 Å². The van der Waals surface area contributed by atoms with Gasteiger partial charge in [-0.05, 0) is 33.9 Å². The van der Waals surface area contributed by atoms with Crippen molar-refractivity contribution < 1.29 is 4.74 Å². The molecule has 5 heteroatoms. The highest BCUT2D eigenvalue weighted by atomic mass is 16.5. The number of ether oxygens (including phenoxy) is 1. The molecule has 0 aliphatic heterocycles. The maximum absolute atomic E-state index is 5.75. The zero-order chi connectivity index (χ0) is 13.0. The number of nitrogens with one attached hydrogen (secondary N) is 1. The van der Waals surface area contributed by atoms with Crippen LogP contribution >= 0.6 is 0 Å². The minimum atomic E-state index is 0.112. The summed E-state index contributed by atoms with van der Waals surface area (Å²) in [5, 5.41) is 3.42. The van der Waals surface area contributed by atoms with Gasteiger partial charge in [-0.1, -0.05) is 0 Å². The van der Waals surface area contributed by atoms with Gasteiger partial charge in [0.2, 0.25) is 5.88 Å². The molecule has 1 fully saturated rings. The van der Waals surface area contributed by atoms with Crippen molar-refractivity contribution in [1.82, 2.24) is 20.2 Å². The van der Waals surface area contributed by atoms with Gasteiger partial charge in [-0.2, -0.15) is 0 Å². The molecule has 0 amide bonds. The molecule has 1 aromatic rings. The summed E-state index contributed by atoms with van der Waals surface area (Å²) in [5.41, 5.74) is 0.941. The molecule has 0 saturated heterocycles. The Balaban J connectivity index is 1.85. The van der Waals surface area contributed by atoms with E-state index in [1.807, 2.05) is 21.0 Å². The number of hydrogen-bond acceptors (Lipinski definition) is 5. The summed E-state index contributed by atoms with van der Waals surface area (Å²) in [6.45, 7) is 3.68. The summed E-state index contributed by atoms with van der Waals surface area (Å²) < 4.78 is 5.75. The molecular weight excluding hydrogens is 228 g/mol. The molecule has 1 aliphatic rings. The standard InChI is InChI=1S/C13H22N4O/c1-10(9-17(2)3)18-13-8-14-6-12(16-13)7-15-11-4-5-11/h6,8,10-11,15H,4-5,7,9H2,1-3H3. The molecule has 0 bridgehead atoms. The second kappa shape index (κ2) is 6.11. The Labute approximate surface area is 109 Å². The molecule has 0 radical (unpaired) electrons. The van der Waals surface area contributed by atoms with E-state index in [-0.39, 0.29) is 6.10 Å². The van der Waals surface area contributed by atoms with Crippen LogP contribution in [0, 0.1) is 0 Å². The molecule has 1 N–H and O–H groups in total. The Morgan fingerprint density at radius 2 is 2.22 bits per heavy atom. The lowest BCUT2D eigenvalue weighted by molar-refractivity contribution is 0.169. The highest BCUT2D eigenvalue weighted by molar-refractivity contribution is 5.09. The normalized spacial score (nSPS) is 16.9. The second-order valence-corrected chi connectivity index (χ2v) is 5.19. The third-order valence-corrected chi connectivity index (χ3v) is 2.76. The van der Waals surface area contributed by atoms with Crippen molar-refractivity contribution in [2.24, 2.45) is 0 Å². The van der Waals surface area contributed by atoms with E-state index in [0.717, 1.165) is 18.8 Å². The summed E-state index contributed by atoms with van der Waals surface area (Å²) in [5.74, 6) is 0.611. The predicted octanol–water partition coefficient (Wildman–Crippen LogP) is 1.06. The van der Waals surface area contributed by atoms with Gasteiger partial charge in [0.05, 0.1) is 11.9 Å². The van der Waals surface area contributed by atoms with Gasteiger partial charge in [-0.15, -0.1) is 0 Å². The lowest BCUT2D eigenvalue weighted by atomic mass is 10.4. The van der Waals surface area contributed by atoms with Gasteiger partial charge in [-0.25, -0.2) is 4.98 Å². The Bertz CT molecular complexity index is 379. The van der Waals surface area contributed by atoms with Crippen molar-refractivity contribution in [2.75, 3.05) is 20.6 Å². The first kappa shape index (κ1) is 13.2. The Kier molecular flexibility index (Phi) is 4.49. The summed E-state index contributed by atoms with van der Waals surface area (Å²) in [6.07, 6.45) is 6.14. The van der Waals surface area contributed by atoms with Crippen molar-refractivity contribution in [2.45, 2.75) is 38.5 Å². The Hall–Kier alpha value is -1.20. The van der Waals surface area contributed by atoms with Crippen LogP contribution < -0.4 is 10.1 Å². The van der Waals surface area contributed by atoms with Crippen molar-refractivity contribution in [3.63, 3.8) is 0 Å². The maximum Gasteiger partial charge on any atom is 0.232 e. The maximum atomic E-state index is 5.75. The van der Waals surface area contributed by atoms with Gasteiger partial charge in [0.25, 0.3) is 0 Å². The van der Waals surface area contributed by atoms with E-state index in [4.69, 9.17) is 4.74 Å². The van der Waals surface area contributed by atoms with Crippen molar-refractivity contribution >= 4 is 0 Å². The number of aromatic nitrogens is 2. The van der Waals surface area contributed by atoms with Crippen LogP contribution in [0.25, 0.3) is 0 Å². The fraction of sp³-hybridized carbons (Fsp3) is 0.692. The molecular formula is C13H22N4O. The van der Waals surface area contributed by atoms with E-state index in [1.54, 1.807) is 12.4 Å². The zero-order valence-electron chi connectivity index (χ0n) is 11.4. The van der Waals surface area contributed by atoms with Gasteiger partial charge in [0, 0.05) is 25.3 Å². The number of rotatable bonds is 7. The smallest absolute Gasteiger partial charge is 0.232 e. The fourth-order valence-electron chi connectivity index (χ4n) is 1.82. The second-order valence-electron chi connectivity index (χ2n) is 5.19. The van der Waals surface area contributed by atoms with Crippen molar-refractivity contribution in [3.05, 3.63) is 18.1 Å². The average Bonchev–Trinajstić information content (AvgIpc) is 3.09. The molecule has 1 heterocycles. The van der Waals surface area contributed by atoms with Crippen LogP contribution in [0.4, 0.5) is 0 Å². The SMILES string of the molecule is CC(CN(C)C)Oc1cncc(CNC2CC2)n1. The largest absolute Gasteiger partial charge is 0.472 e. The molecule has 0 spiro atoms. The molecule has 2 rings (SSSR count). The van der Waals surface area contributed by atoms with Gasteiger partial charge < -0.3 is 15.0 Å². The molecule has 0 aromatic carbocycles. The highest BCUT2D eigenvalue weighted by Crippen LogP contribution is 2.19. The first-order chi connectivity index (χ1) is 8.63. The topological polar surface area (TPSA) is 50.3 Å². The van der Waals surface area contributed by atoms with E-state index in [9.17, 15) is 0 Å². The number of likely N-dealkylation sites (N-methyl/N-ethyl adjacent to an activating group) is 1. The summed E-state index contributed by atoms with van der Waals surface area (Å²) in [4.78, 5) is 10.7. The van der Waals surface area contributed by atoms with Crippen LogP contribution in [-0.2, 0) is 6.54 Å². The van der Waals surface area contributed by atoms with E-state index in [0.29, 0.717) is 11.9 Å². The lowest BCUT2D eigenvalue weighted by Gasteiger charge is -2.18. The molecule has 1 aliphatic carbocycles. The predicted molar refractivity (Wildman–Crippen MR) is 70.5 cm³/mol. The van der Waals surface area contributed by atoms with Gasteiger partial charge >= 0.3 is 0 Å². The minimum absolute atomic E-state index is 0.112. The van der Waals surface area contributed by atoms with Crippen LogP contribution in [0.2, 0.25) is 0 Å². The third-order valence-electron chi connectivity index (χ3n) is 2.76. The molecule has 1 saturated carbocycles. The van der Waals surface area contributed by atoms with E-state index in [2.05, 4.69) is 20.2 Å². The third kappa shape index (κ3) is 4.58. The molecule has 100 valence electrons. The van der Waals surface area contributed by atoms with Crippen LogP contribution in [-0.4, -0.2) is 47.7 Å². The number of hydrogen-bond donors (Lipinski definition) is 1. The fourth-order valence-corrected chi connectivity index (χ4v) is 1.82. The van der Waals surface area contributed by atoms with Gasteiger partial charge in [0.15, 0.2) is 0 Å². The molecule has 1 atom stereocenters. The molecule has 18 heavy (non-hydrogen) atoms. The van der Waals surface area contributed by atoms with E-state index >= 15 is 0 Å². The zero-order valence-corrected chi connectivity index (χ0v) is 11.4. The lowest BCUT2D eigenvalue weighted by Crippen LogP contribution is -2.28. The van der Waals surface area contributed by atoms with Gasteiger partial charge in [0.1, 0.15) is 6.10 Å². The van der Waals surface area contributed by atoms with Crippen molar-refractivity contribution in [1.29, 1.82) is 0 Å². The van der Waals surface area contributed by atoms with Crippen LogP contribution in [0.5, 0.6) is 5.88 Å². The van der Waals surface area contributed by atoms with Gasteiger partial charge in [-0.3, -0.25) is 4.98 Å². The molecule has 1 aromatic heterocycles. The summed E-state index contributed by atoms with van der Waals surface area (Å²) in [6, 6.07) is 0.684. The van der Waals surface area contributed by atoms with Crippen LogP contribution in [0.3, 0.4) is 0 Å². The van der Waals surface area contributed by atoms with E-state index < -0.39 is 0 Å². The first-order valence-electron chi connectivity index (χ1n) is 6.49. The van der Waals surface area contributed by atoms with Crippen LogP contribution in [0.15, 0.2) is 12.4 Å². The van der Waals surface area contributed by atoms with E-state index in [1.165, 1.54) is 12.8 Å². The summed E-state index contributed by atoms with van der Waals surface area (Å²) >= 11 is 0. The highest BCUT2D eigenvalue weighted by Gasteiger charge is 2.20. The minimum Gasteiger partial charge on any atom is -0.472 e. The number of nitrogens with zero attached hydrogens (tertiary/aromatic N) is 3. The Morgan fingerprint density at radius 1 is 1.44 bits per heavy atom. The van der Waals surface area contributed by atoms with Crippen molar-refractivity contribution in [3.8, 4) is 5.88 Å². The monoisotopic (exact) mass is 250 g/mol. The summed E-state index contributed by atoms with van der Waals surface area (Å²) in [7, 11) is 4.06.